The summed E-state index contributed by atoms with van der Waals surface area (Å²) in [5, 5.41) is 10.6. The van der Waals surface area contributed by atoms with Crippen molar-refractivity contribution in [3.05, 3.63) is 29.3 Å². The lowest BCUT2D eigenvalue weighted by atomic mass is 9.86. The van der Waals surface area contributed by atoms with E-state index in [1.807, 2.05) is 18.2 Å². The van der Waals surface area contributed by atoms with E-state index in [1.165, 1.54) is 0 Å². The number of benzene rings is 1. The van der Waals surface area contributed by atoms with Crippen LogP contribution in [0.25, 0.3) is 0 Å². The van der Waals surface area contributed by atoms with Gasteiger partial charge in [0.05, 0.1) is 11.7 Å². The van der Waals surface area contributed by atoms with Gasteiger partial charge in [-0.3, -0.25) is 4.79 Å². The zero-order chi connectivity index (χ0) is 21.7. The zero-order valence-electron chi connectivity index (χ0n) is 19.3. The van der Waals surface area contributed by atoms with E-state index in [0.29, 0.717) is 17.7 Å². The van der Waals surface area contributed by atoms with Crippen molar-refractivity contribution in [2.24, 2.45) is 0 Å². The van der Waals surface area contributed by atoms with Crippen LogP contribution in [0.5, 0.6) is 5.75 Å². The Kier molecular flexibility index (Phi) is 6.15. The predicted molar refractivity (Wildman–Crippen MR) is 120 cm³/mol. The van der Waals surface area contributed by atoms with E-state index in [0.717, 1.165) is 5.56 Å². The number of Topliss-reactive ketones (excluding diaryl/α,β-unsaturated/α-hetero) is 1. The first-order chi connectivity index (χ1) is 12.5. The fourth-order valence-corrected chi connectivity index (χ4v) is 5.15. The average molecular weight is 423 g/mol. The number of fused-ring (bicyclic) bond motifs is 1. The second-order valence-electron chi connectivity index (χ2n) is 11.1. The molecule has 2 rings (SSSR count). The molecule has 0 bridgehead atoms. The molecule has 0 saturated heterocycles. The average Bonchev–Trinajstić information content (AvgIpc) is 2.49. The van der Waals surface area contributed by atoms with Crippen molar-refractivity contribution in [2.45, 2.75) is 96.4 Å². The Labute approximate surface area is 172 Å². The van der Waals surface area contributed by atoms with Crippen molar-refractivity contribution in [2.75, 3.05) is 0 Å². The Morgan fingerprint density at radius 3 is 2.00 bits per heavy atom. The van der Waals surface area contributed by atoms with Crippen molar-refractivity contribution in [3.63, 3.8) is 0 Å². The minimum Gasteiger partial charge on any atom is -0.543 e. The summed E-state index contributed by atoms with van der Waals surface area (Å²) in [4.78, 5) is 12.9. The topological polar surface area (TPSA) is 55.8 Å². The van der Waals surface area contributed by atoms with Crippen molar-refractivity contribution in [1.29, 1.82) is 0 Å². The normalized spacial score (nSPS) is 21.5. The fourth-order valence-electron chi connectivity index (χ4n) is 2.84. The molecule has 6 heteroatoms. The quantitative estimate of drug-likeness (QED) is 0.597. The molecule has 0 unspecified atom stereocenters. The number of rotatable bonds is 4. The van der Waals surface area contributed by atoms with Gasteiger partial charge in [0.25, 0.3) is 8.32 Å². The highest BCUT2D eigenvalue weighted by Crippen LogP contribution is 2.45. The summed E-state index contributed by atoms with van der Waals surface area (Å²) in [6.45, 7) is 21.8. The van der Waals surface area contributed by atoms with Gasteiger partial charge in [-0.05, 0) is 47.9 Å². The molecule has 158 valence electrons. The lowest BCUT2D eigenvalue weighted by Gasteiger charge is -2.42. The van der Waals surface area contributed by atoms with E-state index in [-0.39, 0.29) is 22.0 Å². The van der Waals surface area contributed by atoms with E-state index in [9.17, 15) is 9.90 Å². The second-order valence-corrected chi connectivity index (χ2v) is 20.5. The molecule has 0 amide bonds. The molecule has 1 aromatic rings. The third-order valence-corrected chi connectivity index (χ3v) is 15.6. The summed E-state index contributed by atoms with van der Waals surface area (Å²) < 4.78 is 13.1. The Balaban J connectivity index is 2.51. The van der Waals surface area contributed by atoms with Crippen LogP contribution in [0.3, 0.4) is 0 Å². The fraction of sp³-hybridized carbons (Fsp3) is 0.682. The molecule has 0 aliphatic heterocycles. The minimum atomic E-state index is -2.12. The lowest BCUT2D eigenvalue weighted by Crippen LogP contribution is -2.45. The monoisotopic (exact) mass is 422 g/mol. The summed E-state index contributed by atoms with van der Waals surface area (Å²) in [7, 11) is -4.18. The third kappa shape index (κ3) is 4.45. The molecule has 1 N–H and O–H groups in total. The largest absolute Gasteiger partial charge is 0.543 e. The predicted octanol–water partition coefficient (Wildman–Crippen LogP) is 6.08. The van der Waals surface area contributed by atoms with E-state index in [2.05, 4.69) is 67.7 Å². The molecular weight excluding hydrogens is 384 g/mol. The van der Waals surface area contributed by atoms with Crippen molar-refractivity contribution >= 4 is 22.4 Å². The number of carbonyl (C=O) groups excluding carboxylic acids is 1. The Bertz CT molecular complexity index is 742. The van der Waals surface area contributed by atoms with Crippen LogP contribution in [0, 0.1) is 0 Å². The maximum absolute atomic E-state index is 12.9. The van der Waals surface area contributed by atoms with Gasteiger partial charge >= 0.3 is 0 Å². The summed E-state index contributed by atoms with van der Waals surface area (Å²) in [5.74, 6) is 0.344. The van der Waals surface area contributed by atoms with E-state index >= 15 is 0 Å². The van der Waals surface area contributed by atoms with Gasteiger partial charge in [-0.25, -0.2) is 0 Å². The van der Waals surface area contributed by atoms with Crippen LogP contribution < -0.4 is 4.43 Å². The maximum atomic E-state index is 12.9. The van der Waals surface area contributed by atoms with Gasteiger partial charge in [0.1, 0.15) is 11.9 Å². The summed E-state index contributed by atoms with van der Waals surface area (Å²) >= 11 is 0. The Morgan fingerprint density at radius 2 is 1.50 bits per heavy atom. The molecule has 4 nitrogen and oxygen atoms in total. The van der Waals surface area contributed by atoms with Crippen LogP contribution in [-0.2, 0) is 4.43 Å². The number of carbonyl (C=O) groups is 1. The molecule has 0 saturated carbocycles. The number of hydrogen-bond donors (Lipinski definition) is 1. The van der Waals surface area contributed by atoms with Crippen LogP contribution in [0.15, 0.2) is 18.2 Å². The van der Waals surface area contributed by atoms with Gasteiger partial charge in [-0.2, -0.15) is 0 Å². The molecule has 1 aliphatic carbocycles. The van der Waals surface area contributed by atoms with Gasteiger partial charge in [-0.15, -0.1) is 0 Å². The molecule has 0 spiro atoms. The third-order valence-electron chi connectivity index (χ3n) is 6.81. The van der Waals surface area contributed by atoms with Crippen LogP contribution in [0.2, 0.25) is 36.3 Å². The molecule has 0 heterocycles. The van der Waals surface area contributed by atoms with Crippen molar-refractivity contribution in [3.8, 4) is 5.75 Å². The Hall–Kier alpha value is -0.956. The van der Waals surface area contributed by atoms with Crippen LogP contribution in [0.1, 0.15) is 70.0 Å². The van der Waals surface area contributed by atoms with Gasteiger partial charge in [0.2, 0.25) is 0 Å². The van der Waals surface area contributed by atoms with Crippen LogP contribution in [0.4, 0.5) is 0 Å². The smallest absolute Gasteiger partial charge is 0.250 e. The van der Waals surface area contributed by atoms with Gasteiger partial charge in [0, 0.05) is 6.42 Å². The number of hydrogen-bond acceptors (Lipinski definition) is 4. The molecule has 2 atom stereocenters. The first kappa shape index (κ1) is 23.3. The highest BCUT2D eigenvalue weighted by Gasteiger charge is 2.45. The molecular formula is C22H38O4Si2. The Morgan fingerprint density at radius 1 is 0.964 bits per heavy atom. The summed E-state index contributed by atoms with van der Waals surface area (Å²) in [6.07, 6.45) is -1.03. The summed E-state index contributed by atoms with van der Waals surface area (Å²) in [6, 6.07) is 5.75. The zero-order valence-corrected chi connectivity index (χ0v) is 21.3. The lowest BCUT2D eigenvalue weighted by molar-refractivity contribution is 0.0507. The molecule has 0 fully saturated rings. The van der Waals surface area contributed by atoms with Gasteiger partial charge in [-0.1, -0.05) is 53.7 Å². The van der Waals surface area contributed by atoms with Crippen LogP contribution in [-0.4, -0.2) is 33.6 Å². The SMILES string of the molecule is CC(C)(C)[Si](C)(C)Oc1cccc2c1C(=O)[C@@H](O)C[C@@H]2O[Si](C)(C)C(C)(C)C. The van der Waals surface area contributed by atoms with Crippen molar-refractivity contribution in [1.82, 2.24) is 0 Å². The number of aliphatic hydroxyl groups is 1. The standard InChI is InChI=1S/C22H38O4Si2/c1-21(2,3)27(7,8)25-17-13-11-12-15-18(14-16(23)20(24)19(15)17)26-28(9,10)22(4,5)6/h11-13,16,18,23H,14H2,1-10H3/t16-,18-/m0/s1. The van der Waals surface area contributed by atoms with Gasteiger partial charge in [0.15, 0.2) is 14.1 Å². The number of ketones is 1. The van der Waals surface area contributed by atoms with E-state index in [4.69, 9.17) is 8.85 Å². The molecule has 28 heavy (non-hydrogen) atoms. The highest BCUT2D eigenvalue weighted by atomic mass is 28.4. The van der Waals surface area contributed by atoms with Gasteiger partial charge < -0.3 is 14.0 Å². The molecule has 0 aromatic heterocycles. The molecule has 1 aromatic carbocycles. The van der Waals surface area contributed by atoms with Crippen LogP contribution >= 0.6 is 0 Å². The van der Waals surface area contributed by atoms with E-state index in [1.54, 1.807) is 0 Å². The van der Waals surface area contributed by atoms with E-state index < -0.39 is 22.7 Å². The molecule has 1 aliphatic rings. The molecule has 0 radical (unpaired) electrons. The first-order valence-electron chi connectivity index (χ1n) is 10.2. The maximum Gasteiger partial charge on any atom is 0.250 e. The minimum absolute atomic E-state index is 0.0170. The first-order valence-corrected chi connectivity index (χ1v) is 16.0. The second kappa shape index (κ2) is 7.38. The van der Waals surface area contributed by atoms with Crippen molar-refractivity contribution < 1.29 is 18.8 Å². The highest BCUT2D eigenvalue weighted by molar-refractivity contribution is 6.75. The number of aliphatic hydroxyl groups excluding tert-OH is 1. The summed E-state index contributed by atoms with van der Waals surface area (Å²) in [5.41, 5.74) is 1.37.